The molecule has 7 nitrogen and oxygen atoms in total. The van der Waals surface area contributed by atoms with Crippen LogP contribution < -0.4 is 11.1 Å². The first-order valence-corrected chi connectivity index (χ1v) is 6.62. The average molecular weight is 316 g/mol. The molecule has 0 fully saturated rings. The van der Waals surface area contributed by atoms with Crippen LogP contribution in [0.25, 0.3) is 11.3 Å². The predicted octanol–water partition coefficient (Wildman–Crippen LogP) is 2.62. The lowest BCUT2D eigenvalue weighted by Crippen LogP contribution is -2.14. The van der Waals surface area contributed by atoms with Crippen LogP contribution in [0.2, 0.25) is 5.02 Å². The van der Waals surface area contributed by atoms with E-state index in [-0.39, 0.29) is 17.3 Å². The summed E-state index contributed by atoms with van der Waals surface area (Å²) in [6, 6.07) is 8.59. The van der Waals surface area contributed by atoms with Crippen molar-refractivity contribution in [2.75, 3.05) is 11.1 Å². The van der Waals surface area contributed by atoms with Gasteiger partial charge in [0.1, 0.15) is 12.0 Å². The maximum absolute atomic E-state index is 11.8. The zero-order valence-electron chi connectivity index (χ0n) is 11.2. The van der Waals surface area contributed by atoms with E-state index < -0.39 is 5.91 Å². The van der Waals surface area contributed by atoms with Crippen LogP contribution in [0.5, 0.6) is 0 Å². The number of nitrogens with one attached hydrogen (secondary N) is 1. The standard InChI is InChI=1S/C14H10ClN5O2/c15-9-4-2-1-3-8(9)12-13(16)18-11(7-17-12)19-14(21)10-5-6-22-20-10/h1-7H,(H3,16,18,19,21). The Morgan fingerprint density at radius 3 is 2.77 bits per heavy atom. The quantitative estimate of drug-likeness (QED) is 0.769. The lowest BCUT2D eigenvalue weighted by Gasteiger charge is -2.08. The summed E-state index contributed by atoms with van der Waals surface area (Å²) in [7, 11) is 0. The van der Waals surface area contributed by atoms with E-state index in [0.717, 1.165) is 0 Å². The van der Waals surface area contributed by atoms with E-state index in [0.29, 0.717) is 16.3 Å². The van der Waals surface area contributed by atoms with E-state index >= 15 is 0 Å². The summed E-state index contributed by atoms with van der Waals surface area (Å²) in [6.07, 6.45) is 2.70. The lowest BCUT2D eigenvalue weighted by molar-refractivity contribution is 0.101. The first kappa shape index (κ1) is 14.0. The molecule has 3 aromatic rings. The number of halogens is 1. The largest absolute Gasteiger partial charge is 0.382 e. The molecule has 0 saturated carbocycles. The fourth-order valence-electron chi connectivity index (χ4n) is 1.83. The van der Waals surface area contributed by atoms with Crippen LogP contribution in [0.15, 0.2) is 47.3 Å². The summed E-state index contributed by atoms with van der Waals surface area (Å²) in [4.78, 5) is 20.2. The van der Waals surface area contributed by atoms with Gasteiger partial charge in [0.05, 0.1) is 11.2 Å². The molecule has 0 radical (unpaired) electrons. The molecule has 0 aliphatic heterocycles. The van der Waals surface area contributed by atoms with Gasteiger partial charge in [0.25, 0.3) is 5.91 Å². The van der Waals surface area contributed by atoms with E-state index in [2.05, 4.69) is 25.0 Å². The highest BCUT2D eigenvalue weighted by atomic mass is 35.5. The van der Waals surface area contributed by atoms with Crippen molar-refractivity contribution in [1.29, 1.82) is 0 Å². The zero-order chi connectivity index (χ0) is 15.5. The number of carbonyl (C=O) groups is 1. The van der Waals surface area contributed by atoms with E-state index in [4.69, 9.17) is 17.3 Å². The molecule has 22 heavy (non-hydrogen) atoms. The van der Waals surface area contributed by atoms with Crippen LogP contribution in [0.1, 0.15) is 10.5 Å². The Hall–Kier alpha value is -2.93. The number of hydrogen-bond acceptors (Lipinski definition) is 6. The molecule has 1 amide bonds. The summed E-state index contributed by atoms with van der Waals surface area (Å²) in [5.41, 5.74) is 7.15. The summed E-state index contributed by atoms with van der Waals surface area (Å²) < 4.78 is 4.60. The van der Waals surface area contributed by atoms with Crippen LogP contribution in [-0.2, 0) is 0 Å². The molecule has 0 spiro atoms. The maximum atomic E-state index is 11.8. The molecule has 0 aliphatic rings. The topological polar surface area (TPSA) is 107 Å². The monoisotopic (exact) mass is 315 g/mol. The number of amides is 1. The number of nitrogen functional groups attached to an aromatic ring is 1. The normalized spacial score (nSPS) is 10.4. The van der Waals surface area contributed by atoms with Crippen LogP contribution >= 0.6 is 11.6 Å². The number of carbonyl (C=O) groups excluding carboxylic acids is 1. The fourth-order valence-corrected chi connectivity index (χ4v) is 2.06. The molecule has 0 saturated heterocycles. The highest BCUT2D eigenvalue weighted by molar-refractivity contribution is 6.33. The van der Waals surface area contributed by atoms with Crippen LogP contribution in [0.4, 0.5) is 11.6 Å². The molecular weight excluding hydrogens is 306 g/mol. The third kappa shape index (κ3) is 2.75. The van der Waals surface area contributed by atoms with Crippen LogP contribution in [0.3, 0.4) is 0 Å². The number of hydrogen-bond donors (Lipinski definition) is 2. The molecule has 8 heteroatoms. The first-order valence-electron chi connectivity index (χ1n) is 6.24. The Morgan fingerprint density at radius 1 is 1.27 bits per heavy atom. The van der Waals surface area contributed by atoms with Gasteiger partial charge in [-0.25, -0.2) is 9.97 Å². The van der Waals surface area contributed by atoms with Gasteiger partial charge >= 0.3 is 0 Å². The van der Waals surface area contributed by atoms with Crippen molar-refractivity contribution in [1.82, 2.24) is 15.1 Å². The number of aromatic nitrogens is 3. The Bertz CT molecular complexity index is 820. The molecule has 0 atom stereocenters. The van der Waals surface area contributed by atoms with Gasteiger partial charge in [-0.05, 0) is 6.07 Å². The lowest BCUT2D eigenvalue weighted by atomic mass is 10.1. The second-order valence-corrected chi connectivity index (χ2v) is 4.71. The number of benzene rings is 1. The first-order chi connectivity index (χ1) is 10.6. The van der Waals surface area contributed by atoms with Crippen molar-refractivity contribution in [3.8, 4) is 11.3 Å². The van der Waals surface area contributed by atoms with Gasteiger partial charge in [-0.1, -0.05) is 35.0 Å². The van der Waals surface area contributed by atoms with Crippen molar-refractivity contribution >= 4 is 29.1 Å². The second kappa shape index (κ2) is 5.82. The highest BCUT2D eigenvalue weighted by Crippen LogP contribution is 2.29. The predicted molar refractivity (Wildman–Crippen MR) is 81.3 cm³/mol. The number of nitrogens with zero attached hydrogens (tertiary/aromatic N) is 3. The summed E-state index contributed by atoms with van der Waals surface area (Å²) >= 11 is 6.11. The SMILES string of the molecule is Nc1nc(NC(=O)c2ccon2)cnc1-c1ccccc1Cl. The zero-order valence-corrected chi connectivity index (χ0v) is 11.9. The number of rotatable bonds is 3. The second-order valence-electron chi connectivity index (χ2n) is 4.31. The van der Waals surface area contributed by atoms with Gasteiger partial charge in [0.2, 0.25) is 0 Å². The molecule has 0 unspecified atom stereocenters. The molecule has 1 aromatic carbocycles. The molecule has 110 valence electrons. The van der Waals surface area contributed by atoms with Gasteiger partial charge in [0, 0.05) is 11.6 Å². The van der Waals surface area contributed by atoms with Gasteiger partial charge in [-0.15, -0.1) is 0 Å². The van der Waals surface area contributed by atoms with Gasteiger partial charge in [-0.2, -0.15) is 0 Å². The minimum absolute atomic E-state index is 0.135. The van der Waals surface area contributed by atoms with Crippen molar-refractivity contribution < 1.29 is 9.32 Å². The van der Waals surface area contributed by atoms with Crippen molar-refractivity contribution in [3.63, 3.8) is 0 Å². The minimum atomic E-state index is -0.465. The van der Waals surface area contributed by atoms with Crippen molar-refractivity contribution in [2.24, 2.45) is 0 Å². The fraction of sp³-hybridized carbons (Fsp3) is 0. The molecule has 3 N–H and O–H groups in total. The smallest absolute Gasteiger partial charge is 0.279 e. The highest BCUT2D eigenvalue weighted by Gasteiger charge is 2.13. The summed E-state index contributed by atoms with van der Waals surface area (Å²) in [5, 5.41) is 6.57. The summed E-state index contributed by atoms with van der Waals surface area (Å²) in [5.74, 6) is -0.0969. The Morgan fingerprint density at radius 2 is 2.09 bits per heavy atom. The third-order valence-corrected chi connectivity index (χ3v) is 3.17. The molecular formula is C14H10ClN5O2. The van der Waals surface area contributed by atoms with E-state index in [1.807, 2.05) is 12.1 Å². The summed E-state index contributed by atoms with van der Waals surface area (Å²) in [6.45, 7) is 0. The molecule has 2 aromatic heterocycles. The third-order valence-electron chi connectivity index (χ3n) is 2.84. The number of nitrogens with two attached hydrogens (primary N) is 1. The van der Waals surface area contributed by atoms with Crippen LogP contribution in [0, 0.1) is 0 Å². The Labute approximate surface area is 130 Å². The van der Waals surface area contributed by atoms with Crippen molar-refractivity contribution in [3.05, 3.63) is 53.5 Å². The molecule has 2 heterocycles. The average Bonchev–Trinajstić information content (AvgIpc) is 3.03. The Kier molecular flexibility index (Phi) is 3.71. The molecule has 3 rings (SSSR count). The van der Waals surface area contributed by atoms with Crippen LogP contribution in [-0.4, -0.2) is 21.0 Å². The van der Waals surface area contributed by atoms with Crippen molar-refractivity contribution in [2.45, 2.75) is 0 Å². The maximum Gasteiger partial charge on any atom is 0.279 e. The van der Waals surface area contributed by atoms with Gasteiger partial charge in [-0.3, -0.25) is 4.79 Å². The Balaban J connectivity index is 1.87. The molecule has 0 aliphatic carbocycles. The molecule has 0 bridgehead atoms. The number of anilines is 2. The van der Waals surface area contributed by atoms with E-state index in [1.165, 1.54) is 18.5 Å². The van der Waals surface area contributed by atoms with Gasteiger partial charge in [0.15, 0.2) is 17.3 Å². The van der Waals surface area contributed by atoms with E-state index in [1.54, 1.807) is 12.1 Å². The van der Waals surface area contributed by atoms with Gasteiger partial charge < -0.3 is 15.6 Å². The van der Waals surface area contributed by atoms with E-state index in [9.17, 15) is 4.79 Å². The minimum Gasteiger partial charge on any atom is -0.382 e.